The van der Waals surface area contributed by atoms with Crippen LogP contribution in [0.15, 0.2) is 17.3 Å². The van der Waals surface area contributed by atoms with Crippen molar-refractivity contribution in [3.8, 4) is 0 Å². The van der Waals surface area contributed by atoms with Crippen molar-refractivity contribution in [3.05, 3.63) is 17.1 Å². The Morgan fingerprint density at radius 3 is 2.73 bits per heavy atom. The minimum atomic E-state index is 0.0428. The van der Waals surface area contributed by atoms with Gasteiger partial charge in [-0.1, -0.05) is 24.3 Å². The maximum absolute atomic E-state index is 10.4. The molecule has 11 heavy (non-hydrogen) atoms. The van der Waals surface area contributed by atoms with Crippen LogP contribution in [0.25, 0.3) is 0 Å². The second-order valence-electron chi connectivity index (χ2n) is 3.33. The topological polar surface area (TPSA) is 29.4 Å². The molecule has 2 nitrogen and oxygen atoms in total. The van der Waals surface area contributed by atoms with Crippen molar-refractivity contribution in [2.75, 3.05) is 0 Å². The third-order valence-corrected chi connectivity index (χ3v) is 2.57. The molecular formula is C9H15NO. The van der Waals surface area contributed by atoms with Gasteiger partial charge in [0.05, 0.1) is 6.04 Å². The molecule has 62 valence electrons. The van der Waals surface area contributed by atoms with Gasteiger partial charge in [0.1, 0.15) is 0 Å². The van der Waals surface area contributed by atoms with E-state index >= 15 is 0 Å². The van der Waals surface area contributed by atoms with Gasteiger partial charge < -0.3 is 0 Å². The predicted octanol–water partition coefficient (Wildman–Crippen LogP) is 2.74. The van der Waals surface area contributed by atoms with Crippen LogP contribution in [0.2, 0.25) is 0 Å². The molecule has 3 unspecified atom stereocenters. The van der Waals surface area contributed by atoms with Gasteiger partial charge in [0.25, 0.3) is 0 Å². The average molecular weight is 153 g/mol. The standard InChI is InChI=1S/C9H15NO/c1-3-4-8-7(2)5-6-9(8)10-11/h3-4,7-9H,5-6H2,1-2H3/b4-3+. The summed E-state index contributed by atoms with van der Waals surface area (Å²) in [6, 6.07) is 0.0428. The lowest BCUT2D eigenvalue weighted by Crippen LogP contribution is -2.12. The second kappa shape index (κ2) is 3.65. The van der Waals surface area contributed by atoms with Crippen LogP contribution in [0, 0.1) is 16.7 Å². The van der Waals surface area contributed by atoms with Crippen LogP contribution in [-0.2, 0) is 0 Å². The van der Waals surface area contributed by atoms with Crippen molar-refractivity contribution >= 4 is 0 Å². The summed E-state index contributed by atoms with van der Waals surface area (Å²) in [6.45, 7) is 4.18. The summed E-state index contributed by atoms with van der Waals surface area (Å²) < 4.78 is 0. The molecule has 0 saturated heterocycles. The molecule has 0 bridgehead atoms. The molecule has 1 aliphatic rings. The van der Waals surface area contributed by atoms with E-state index in [4.69, 9.17) is 0 Å². The van der Waals surface area contributed by atoms with Gasteiger partial charge in [0, 0.05) is 5.92 Å². The molecule has 0 aromatic heterocycles. The lowest BCUT2D eigenvalue weighted by atomic mass is 9.95. The van der Waals surface area contributed by atoms with E-state index in [1.54, 1.807) is 0 Å². The maximum Gasteiger partial charge on any atom is 0.0984 e. The summed E-state index contributed by atoms with van der Waals surface area (Å²) in [5.41, 5.74) is 0. The Hall–Kier alpha value is -0.660. The van der Waals surface area contributed by atoms with Gasteiger partial charge in [-0.3, -0.25) is 0 Å². The van der Waals surface area contributed by atoms with Crippen molar-refractivity contribution in [2.45, 2.75) is 32.7 Å². The molecule has 1 fully saturated rings. The highest BCUT2D eigenvalue weighted by Gasteiger charge is 2.31. The SMILES string of the molecule is C/C=C/C1C(C)CCC1N=O. The van der Waals surface area contributed by atoms with Crippen LogP contribution in [0.1, 0.15) is 26.7 Å². The van der Waals surface area contributed by atoms with Crippen molar-refractivity contribution < 1.29 is 0 Å². The summed E-state index contributed by atoms with van der Waals surface area (Å²) in [4.78, 5) is 10.4. The van der Waals surface area contributed by atoms with Gasteiger partial charge in [0.15, 0.2) is 0 Å². The van der Waals surface area contributed by atoms with Gasteiger partial charge in [0.2, 0.25) is 0 Å². The Morgan fingerprint density at radius 1 is 1.45 bits per heavy atom. The van der Waals surface area contributed by atoms with Gasteiger partial charge >= 0.3 is 0 Å². The molecule has 3 atom stereocenters. The fraction of sp³-hybridized carbons (Fsp3) is 0.778. The van der Waals surface area contributed by atoms with Gasteiger partial charge in [-0.2, -0.15) is 4.91 Å². The third-order valence-electron chi connectivity index (χ3n) is 2.57. The summed E-state index contributed by atoms with van der Waals surface area (Å²) in [5.74, 6) is 1.03. The first-order valence-electron chi connectivity index (χ1n) is 4.25. The molecule has 2 heteroatoms. The third kappa shape index (κ3) is 1.67. The molecule has 0 heterocycles. The molecule has 0 amide bonds. The summed E-state index contributed by atoms with van der Waals surface area (Å²) in [6.07, 6.45) is 6.25. The molecule has 0 aromatic rings. The monoisotopic (exact) mass is 153 g/mol. The van der Waals surface area contributed by atoms with Crippen molar-refractivity contribution in [3.63, 3.8) is 0 Å². The van der Waals surface area contributed by atoms with Gasteiger partial charge in [-0.05, 0) is 25.7 Å². The summed E-state index contributed by atoms with van der Waals surface area (Å²) in [7, 11) is 0. The number of allylic oxidation sites excluding steroid dienone is 1. The lowest BCUT2D eigenvalue weighted by Gasteiger charge is -2.12. The Labute approximate surface area is 67.7 Å². The Balaban J connectivity index is 2.62. The van der Waals surface area contributed by atoms with E-state index in [9.17, 15) is 4.91 Å². The Morgan fingerprint density at radius 2 is 2.18 bits per heavy atom. The molecule has 1 rings (SSSR count). The molecule has 0 aliphatic heterocycles. The molecule has 0 aromatic carbocycles. The van der Waals surface area contributed by atoms with E-state index in [2.05, 4.69) is 18.2 Å². The van der Waals surface area contributed by atoms with E-state index < -0.39 is 0 Å². The molecule has 0 spiro atoms. The number of nitroso groups, excluding NO2 is 1. The molecule has 0 radical (unpaired) electrons. The van der Waals surface area contributed by atoms with E-state index in [1.807, 2.05) is 13.0 Å². The highest BCUT2D eigenvalue weighted by Crippen LogP contribution is 2.34. The smallest absolute Gasteiger partial charge is 0.0984 e. The zero-order chi connectivity index (χ0) is 8.27. The molecule has 1 saturated carbocycles. The van der Waals surface area contributed by atoms with Crippen LogP contribution in [0.5, 0.6) is 0 Å². The van der Waals surface area contributed by atoms with Crippen LogP contribution >= 0.6 is 0 Å². The number of hydrogen-bond acceptors (Lipinski definition) is 2. The van der Waals surface area contributed by atoms with E-state index in [-0.39, 0.29) is 6.04 Å². The first kappa shape index (κ1) is 8.44. The van der Waals surface area contributed by atoms with E-state index in [0.29, 0.717) is 11.8 Å². The zero-order valence-electron chi connectivity index (χ0n) is 7.16. The number of hydrogen-bond donors (Lipinski definition) is 0. The molecular weight excluding hydrogens is 138 g/mol. The Kier molecular flexibility index (Phi) is 2.80. The fourth-order valence-corrected chi connectivity index (χ4v) is 1.86. The summed E-state index contributed by atoms with van der Waals surface area (Å²) >= 11 is 0. The first-order chi connectivity index (χ1) is 5.29. The largest absolute Gasteiger partial charge is 0.150 e. The van der Waals surface area contributed by atoms with Crippen molar-refractivity contribution in [2.24, 2.45) is 17.0 Å². The minimum absolute atomic E-state index is 0.0428. The molecule has 0 N–H and O–H groups in total. The van der Waals surface area contributed by atoms with Gasteiger partial charge in [-0.25, -0.2) is 0 Å². The maximum atomic E-state index is 10.4. The minimum Gasteiger partial charge on any atom is -0.150 e. The van der Waals surface area contributed by atoms with Crippen molar-refractivity contribution in [1.82, 2.24) is 0 Å². The van der Waals surface area contributed by atoms with E-state index in [1.165, 1.54) is 0 Å². The highest BCUT2D eigenvalue weighted by molar-refractivity contribution is 4.99. The zero-order valence-corrected chi connectivity index (χ0v) is 7.16. The summed E-state index contributed by atoms with van der Waals surface area (Å²) in [5, 5.41) is 3.14. The van der Waals surface area contributed by atoms with Crippen molar-refractivity contribution in [1.29, 1.82) is 0 Å². The van der Waals surface area contributed by atoms with Crippen LogP contribution in [-0.4, -0.2) is 6.04 Å². The predicted molar refractivity (Wildman–Crippen MR) is 46.3 cm³/mol. The quantitative estimate of drug-likeness (QED) is 0.443. The second-order valence-corrected chi connectivity index (χ2v) is 3.33. The normalized spacial score (nSPS) is 38.2. The Bertz CT molecular complexity index is 165. The number of rotatable bonds is 2. The lowest BCUT2D eigenvalue weighted by molar-refractivity contribution is 0.469. The first-order valence-corrected chi connectivity index (χ1v) is 4.25. The number of nitrogens with zero attached hydrogens (tertiary/aromatic N) is 1. The van der Waals surface area contributed by atoms with Gasteiger partial charge in [-0.15, -0.1) is 0 Å². The highest BCUT2D eigenvalue weighted by atomic mass is 16.3. The van der Waals surface area contributed by atoms with Crippen LogP contribution in [0.3, 0.4) is 0 Å². The molecule has 1 aliphatic carbocycles. The fourth-order valence-electron chi connectivity index (χ4n) is 1.86. The van der Waals surface area contributed by atoms with Crippen LogP contribution < -0.4 is 0 Å². The average Bonchev–Trinajstić information content (AvgIpc) is 2.34. The van der Waals surface area contributed by atoms with Crippen LogP contribution in [0.4, 0.5) is 0 Å². The van der Waals surface area contributed by atoms with E-state index in [0.717, 1.165) is 12.8 Å².